The molecular formula is C9H7BrCl2. The highest BCUT2D eigenvalue weighted by Gasteiger charge is 1.99. The second-order valence-corrected chi connectivity index (χ2v) is 4.23. The van der Waals surface area contributed by atoms with Crippen molar-refractivity contribution in [3.05, 3.63) is 44.9 Å². The van der Waals surface area contributed by atoms with Gasteiger partial charge in [-0.25, -0.2) is 0 Å². The lowest BCUT2D eigenvalue weighted by Crippen LogP contribution is -1.83. The number of allylic oxidation sites excluding steroid dienone is 1. The molecule has 0 N–H and O–H groups in total. The summed E-state index contributed by atoms with van der Waals surface area (Å²) < 4.78 is 1.11. The van der Waals surface area contributed by atoms with Crippen molar-refractivity contribution >= 4 is 39.1 Å². The van der Waals surface area contributed by atoms with Gasteiger partial charge in [0.25, 0.3) is 0 Å². The van der Waals surface area contributed by atoms with Gasteiger partial charge < -0.3 is 0 Å². The minimum absolute atomic E-state index is 0.291. The van der Waals surface area contributed by atoms with Crippen LogP contribution in [0.1, 0.15) is 5.56 Å². The van der Waals surface area contributed by atoms with Gasteiger partial charge >= 0.3 is 0 Å². The quantitative estimate of drug-likeness (QED) is 0.749. The van der Waals surface area contributed by atoms with E-state index in [1.54, 1.807) is 0 Å². The predicted octanol–water partition coefficient (Wildman–Crippen LogP) is 4.27. The third-order valence-electron chi connectivity index (χ3n) is 1.41. The Morgan fingerprint density at radius 3 is 2.25 bits per heavy atom. The van der Waals surface area contributed by atoms with E-state index in [-0.39, 0.29) is 0 Å². The summed E-state index contributed by atoms with van der Waals surface area (Å²) in [5, 5.41) is 0. The van der Waals surface area contributed by atoms with Crippen molar-refractivity contribution < 1.29 is 0 Å². The summed E-state index contributed by atoms with van der Waals surface area (Å²) in [4.78, 5) is 0. The maximum Gasteiger partial charge on any atom is 0.117 e. The summed E-state index contributed by atoms with van der Waals surface area (Å²) in [5.41, 5.74) is 1.18. The van der Waals surface area contributed by atoms with E-state index in [1.165, 1.54) is 5.56 Å². The fraction of sp³-hybridized carbons (Fsp3) is 0.111. The summed E-state index contributed by atoms with van der Waals surface area (Å²) in [7, 11) is 0. The highest BCUT2D eigenvalue weighted by Crippen LogP contribution is 2.23. The molecule has 0 amide bonds. The lowest BCUT2D eigenvalue weighted by Gasteiger charge is -1.99. The van der Waals surface area contributed by atoms with E-state index in [9.17, 15) is 0 Å². The molecule has 0 fully saturated rings. The monoisotopic (exact) mass is 264 g/mol. The molecule has 0 spiro atoms. The first-order valence-electron chi connectivity index (χ1n) is 3.43. The van der Waals surface area contributed by atoms with Crippen LogP contribution >= 0.6 is 39.1 Å². The van der Waals surface area contributed by atoms with E-state index < -0.39 is 0 Å². The van der Waals surface area contributed by atoms with Gasteiger partial charge in [0.15, 0.2) is 0 Å². The molecule has 0 saturated heterocycles. The molecule has 0 saturated carbocycles. The molecule has 1 aromatic carbocycles. The van der Waals surface area contributed by atoms with Gasteiger partial charge in [-0.15, -0.1) is 0 Å². The van der Waals surface area contributed by atoms with Crippen molar-refractivity contribution in [3.63, 3.8) is 0 Å². The first kappa shape index (κ1) is 10.1. The third-order valence-corrected chi connectivity index (χ3v) is 3.00. The van der Waals surface area contributed by atoms with Crippen LogP contribution in [0, 0.1) is 0 Å². The Kier molecular flexibility index (Phi) is 4.13. The second-order valence-electron chi connectivity index (χ2n) is 2.33. The first-order valence-corrected chi connectivity index (χ1v) is 4.98. The standard InChI is InChI=1S/C9H7BrCl2/c10-8(9(11)12)6-7-4-2-1-3-5-7/h1-5H,6H2. The number of benzene rings is 1. The molecule has 1 rings (SSSR count). The Morgan fingerprint density at radius 1 is 1.17 bits per heavy atom. The summed E-state index contributed by atoms with van der Waals surface area (Å²) in [5.74, 6) is 0. The molecule has 3 heteroatoms. The topological polar surface area (TPSA) is 0 Å². The van der Waals surface area contributed by atoms with Crippen molar-refractivity contribution in [3.8, 4) is 0 Å². The fourth-order valence-electron chi connectivity index (χ4n) is 0.842. The zero-order chi connectivity index (χ0) is 8.97. The molecule has 12 heavy (non-hydrogen) atoms. The van der Waals surface area contributed by atoms with Gasteiger partial charge in [0.05, 0.1) is 0 Å². The zero-order valence-corrected chi connectivity index (χ0v) is 9.33. The number of hydrogen-bond acceptors (Lipinski definition) is 0. The normalized spacial score (nSPS) is 9.58. The van der Waals surface area contributed by atoms with Crippen LogP contribution in [0.4, 0.5) is 0 Å². The van der Waals surface area contributed by atoms with E-state index in [4.69, 9.17) is 23.2 Å². The van der Waals surface area contributed by atoms with Crippen LogP contribution in [-0.2, 0) is 6.42 Å². The molecule has 0 radical (unpaired) electrons. The van der Waals surface area contributed by atoms with E-state index in [2.05, 4.69) is 15.9 Å². The SMILES string of the molecule is ClC(Cl)=C(Br)Cc1ccccc1. The molecule has 0 unspecified atom stereocenters. The molecule has 64 valence electrons. The van der Waals surface area contributed by atoms with Gasteiger partial charge in [-0.2, -0.15) is 0 Å². The maximum absolute atomic E-state index is 5.58. The Morgan fingerprint density at radius 2 is 1.75 bits per heavy atom. The van der Waals surface area contributed by atoms with Crippen molar-refractivity contribution in [1.82, 2.24) is 0 Å². The average Bonchev–Trinajstić information content (AvgIpc) is 2.06. The van der Waals surface area contributed by atoms with Crippen LogP contribution in [0.2, 0.25) is 0 Å². The van der Waals surface area contributed by atoms with Crippen molar-refractivity contribution in [2.24, 2.45) is 0 Å². The largest absolute Gasteiger partial charge is 0.117 e. The van der Waals surface area contributed by atoms with E-state index in [0.29, 0.717) is 4.49 Å². The van der Waals surface area contributed by atoms with Crippen LogP contribution in [0.5, 0.6) is 0 Å². The molecule has 0 bridgehead atoms. The Balaban J connectivity index is 2.72. The smallest absolute Gasteiger partial charge is 0.0700 e. The summed E-state index contributed by atoms with van der Waals surface area (Å²) in [6.07, 6.45) is 0.739. The summed E-state index contributed by atoms with van der Waals surface area (Å²) in [6, 6.07) is 9.99. The second kappa shape index (κ2) is 4.90. The number of rotatable bonds is 2. The minimum atomic E-state index is 0.291. The molecule has 0 heterocycles. The van der Waals surface area contributed by atoms with Gasteiger partial charge in [-0.05, 0) is 5.56 Å². The van der Waals surface area contributed by atoms with Gasteiger partial charge in [-0.3, -0.25) is 0 Å². The summed E-state index contributed by atoms with van der Waals surface area (Å²) in [6.45, 7) is 0. The number of halogens is 3. The Bertz CT molecular complexity index is 276. The molecule has 0 aliphatic carbocycles. The van der Waals surface area contributed by atoms with Crippen LogP contribution in [0.25, 0.3) is 0 Å². The molecule has 0 atom stereocenters. The molecule has 0 aromatic heterocycles. The van der Waals surface area contributed by atoms with Gasteiger partial charge in [-0.1, -0.05) is 69.5 Å². The van der Waals surface area contributed by atoms with Gasteiger partial charge in [0.2, 0.25) is 0 Å². The van der Waals surface area contributed by atoms with Crippen LogP contribution in [0.3, 0.4) is 0 Å². The molecule has 0 aliphatic rings. The van der Waals surface area contributed by atoms with Crippen LogP contribution in [-0.4, -0.2) is 0 Å². The lowest BCUT2D eigenvalue weighted by atomic mass is 10.2. The molecule has 0 nitrogen and oxygen atoms in total. The Labute approximate surface area is 90.3 Å². The third kappa shape index (κ3) is 3.18. The van der Waals surface area contributed by atoms with E-state index >= 15 is 0 Å². The van der Waals surface area contributed by atoms with Crippen LogP contribution < -0.4 is 0 Å². The predicted molar refractivity (Wildman–Crippen MR) is 57.8 cm³/mol. The number of hydrogen-bond donors (Lipinski definition) is 0. The molecule has 0 aliphatic heterocycles. The van der Waals surface area contributed by atoms with Crippen molar-refractivity contribution in [1.29, 1.82) is 0 Å². The maximum atomic E-state index is 5.58. The molecular weight excluding hydrogens is 259 g/mol. The zero-order valence-electron chi connectivity index (χ0n) is 6.23. The fourth-order valence-corrected chi connectivity index (χ4v) is 1.30. The Hall–Kier alpha value is 0.0200. The van der Waals surface area contributed by atoms with E-state index in [1.807, 2.05) is 30.3 Å². The lowest BCUT2D eigenvalue weighted by molar-refractivity contribution is 1.26. The highest BCUT2D eigenvalue weighted by molar-refractivity contribution is 9.11. The average molecular weight is 266 g/mol. The molecule has 1 aromatic rings. The van der Waals surface area contributed by atoms with E-state index in [0.717, 1.165) is 10.9 Å². The van der Waals surface area contributed by atoms with Gasteiger partial charge in [0, 0.05) is 10.9 Å². The highest BCUT2D eigenvalue weighted by atomic mass is 79.9. The van der Waals surface area contributed by atoms with Crippen molar-refractivity contribution in [2.75, 3.05) is 0 Å². The first-order chi connectivity index (χ1) is 5.70. The van der Waals surface area contributed by atoms with Crippen LogP contribution in [0.15, 0.2) is 39.3 Å². The summed E-state index contributed by atoms with van der Waals surface area (Å²) >= 11 is 14.4. The minimum Gasteiger partial charge on any atom is -0.0700 e. The van der Waals surface area contributed by atoms with Crippen molar-refractivity contribution in [2.45, 2.75) is 6.42 Å². The van der Waals surface area contributed by atoms with Gasteiger partial charge in [0.1, 0.15) is 4.49 Å².